The van der Waals surface area contributed by atoms with Crippen LogP contribution in [0.1, 0.15) is 401 Å². The van der Waals surface area contributed by atoms with Crippen LogP contribution >= 0.6 is 15.6 Å². The molecule has 590 valence electrons. The summed E-state index contributed by atoms with van der Waals surface area (Å²) in [4.78, 5) is 73.0. The van der Waals surface area contributed by atoms with Crippen molar-refractivity contribution in [3.8, 4) is 0 Å². The van der Waals surface area contributed by atoms with Crippen LogP contribution in [0.3, 0.4) is 0 Å². The SMILES string of the molecule is CCCCCC/C=C\C=C/CCCCCCCC(=O)O[C@H](COC(=O)CCCCCCCCC(C)CC)COP(=O)(O)OC[C@H](O)COP(=O)(O)OC[C@@H](COC(=O)CCCCCCCCCCCCCCCCCCC)OC(=O)CCCCCCCCCCCCCCCCC(C)CC. The van der Waals surface area contributed by atoms with E-state index in [1.54, 1.807) is 0 Å². The van der Waals surface area contributed by atoms with E-state index in [2.05, 4.69) is 65.8 Å². The number of rotatable bonds is 78. The smallest absolute Gasteiger partial charge is 0.462 e. The maximum absolute atomic E-state index is 13.1. The van der Waals surface area contributed by atoms with E-state index in [0.717, 1.165) is 121 Å². The highest BCUT2D eigenvalue weighted by Crippen LogP contribution is 2.45. The van der Waals surface area contributed by atoms with Crippen molar-refractivity contribution < 1.29 is 80.2 Å². The molecule has 4 unspecified atom stereocenters. The molecule has 0 aromatic carbocycles. The second kappa shape index (κ2) is 72.1. The van der Waals surface area contributed by atoms with E-state index < -0.39 is 97.5 Å². The number of carbonyl (C=O) groups is 4. The number of esters is 4. The molecule has 0 aliphatic rings. The molecule has 0 aromatic rings. The maximum Gasteiger partial charge on any atom is 0.472 e. The third-order valence-electron chi connectivity index (χ3n) is 19.1. The fraction of sp³-hybridized carbons (Fsp3) is 0.901. The fourth-order valence-corrected chi connectivity index (χ4v) is 13.5. The van der Waals surface area contributed by atoms with Crippen molar-refractivity contribution in [1.82, 2.24) is 0 Å². The van der Waals surface area contributed by atoms with Gasteiger partial charge in [0.15, 0.2) is 12.2 Å². The van der Waals surface area contributed by atoms with Crippen LogP contribution in [0.25, 0.3) is 0 Å². The second-order valence-corrected chi connectivity index (χ2v) is 31.9. The van der Waals surface area contributed by atoms with Crippen molar-refractivity contribution in [3.05, 3.63) is 24.3 Å². The molecule has 3 N–H and O–H groups in total. The molecule has 100 heavy (non-hydrogen) atoms. The van der Waals surface area contributed by atoms with E-state index in [4.69, 9.17) is 37.0 Å². The molecule has 0 saturated carbocycles. The van der Waals surface area contributed by atoms with E-state index in [-0.39, 0.29) is 25.7 Å². The number of aliphatic hydroxyl groups excluding tert-OH is 1. The number of hydrogen-bond donors (Lipinski definition) is 3. The van der Waals surface area contributed by atoms with Crippen molar-refractivity contribution >= 4 is 39.5 Å². The van der Waals surface area contributed by atoms with Gasteiger partial charge >= 0.3 is 39.5 Å². The van der Waals surface area contributed by atoms with Gasteiger partial charge in [-0.15, -0.1) is 0 Å². The second-order valence-electron chi connectivity index (χ2n) is 29.0. The summed E-state index contributed by atoms with van der Waals surface area (Å²) in [7, 11) is -9.93. The van der Waals surface area contributed by atoms with Gasteiger partial charge in [0.1, 0.15) is 19.3 Å². The first-order valence-electron chi connectivity index (χ1n) is 41.4. The Hall–Kier alpha value is -2.46. The zero-order valence-electron chi connectivity index (χ0n) is 65.0. The molecule has 0 aliphatic carbocycles. The van der Waals surface area contributed by atoms with Gasteiger partial charge in [0.25, 0.3) is 0 Å². The highest BCUT2D eigenvalue weighted by molar-refractivity contribution is 7.47. The largest absolute Gasteiger partial charge is 0.472 e. The number of phosphoric ester groups is 2. The lowest BCUT2D eigenvalue weighted by Crippen LogP contribution is -2.30. The van der Waals surface area contributed by atoms with Crippen LogP contribution in [-0.4, -0.2) is 96.7 Å². The summed E-state index contributed by atoms with van der Waals surface area (Å²) >= 11 is 0. The molecule has 17 nitrogen and oxygen atoms in total. The average molecular weight is 1460 g/mol. The van der Waals surface area contributed by atoms with E-state index >= 15 is 0 Å². The number of carbonyl (C=O) groups excluding carboxylic acids is 4. The molecule has 0 amide bonds. The van der Waals surface area contributed by atoms with Gasteiger partial charge in [0.05, 0.1) is 26.4 Å². The van der Waals surface area contributed by atoms with Crippen LogP contribution < -0.4 is 0 Å². The molecule has 0 heterocycles. The van der Waals surface area contributed by atoms with Crippen molar-refractivity contribution in [2.45, 2.75) is 419 Å². The van der Waals surface area contributed by atoms with Gasteiger partial charge in [0.2, 0.25) is 0 Å². The summed E-state index contributed by atoms with van der Waals surface area (Å²) in [6.45, 7) is 9.58. The lowest BCUT2D eigenvalue weighted by molar-refractivity contribution is -0.161. The number of phosphoric acid groups is 2. The van der Waals surface area contributed by atoms with E-state index in [9.17, 15) is 43.2 Å². The molecule has 19 heteroatoms. The predicted molar refractivity (Wildman–Crippen MR) is 409 cm³/mol. The van der Waals surface area contributed by atoms with Crippen LogP contribution in [0.5, 0.6) is 0 Å². The van der Waals surface area contributed by atoms with Crippen LogP contribution in [0.4, 0.5) is 0 Å². The van der Waals surface area contributed by atoms with Crippen molar-refractivity contribution in [2.24, 2.45) is 11.8 Å². The highest BCUT2D eigenvalue weighted by Gasteiger charge is 2.30. The summed E-state index contributed by atoms with van der Waals surface area (Å²) in [5.74, 6) is -0.568. The molecule has 0 aromatic heterocycles. The summed E-state index contributed by atoms with van der Waals surface area (Å²) in [6.07, 6.45) is 64.6. The first-order chi connectivity index (χ1) is 48.4. The number of ether oxygens (including phenoxy) is 4. The Balaban J connectivity index is 5.28. The minimum absolute atomic E-state index is 0.0843. The van der Waals surface area contributed by atoms with Gasteiger partial charge in [-0.2, -0.15) is 0 Å². The maximum atomic E-state index is 13.1. The van der Waals surface area contributed by atoms with Crippen molar-refractivity contribution in [2.75, 3.05) is 39.6 Å². The van der Waals surface area contributed by atoms with Crippen LogP contribution in [0.2, 0.25) is 0 Å². The molecule has 0 radical (unpaired) electrons. The zero-order chi connectivity index (χ0) is 73.5. The Labute approximate surface area is 612 Å². The normalized spacial score (nSPS) is 14.6. The van der Waals surface area contributed by atoms with Gasteiger partial charge in [-0.3, -0.25) is 37.3 Å². The standard InChI is InChI=1S/C81H154O17P2/c1-7-11-13-15-17-19-21-23-25-26-28-32-36-40-44-51-57-63-78(83)91-69-76(97-80(85)65-60-54-46-42-38-34-30-29-31-35-39-43-49-55-61-73(5)9-3)71-95-99(87,88)93-67-75(82)68-94-100(89,90)96-72-77(70-92-79(84)64-58-52-48-47-50-56-62-74(6)10-4)98-81(86)66-59-53-45-41-37-33-27-24-22-20-18-16-14-12-8-2/h20,22,24,27,73-77,82H,7-19,21,23,25-26,28-72H2,1-6H3,(H,87,88)(H,89,90)/b22-20-,27-24-/t73?,74?,75-,76-,77-/m1/s1. The molecule has 0 fully saturated rings. The quantitative estimate of drug-likeness (QED) is 0.0169. The Morgan fingerprint density at radius 3 is 0.850 bits per heavy atom. The van der Waals surface area contributed by atoms with Gasteiger partial charge in [-0.25, -0.2) is 9.13 Å². The number of aliphatic hydroxyl groups is 1. The van der Waals surface area contributed by atoms with Gasteiger partial charge in [-0.1, -0.05) is 348 Å². The fourth-order valence-electron chi connectivity index (χ4n) is 11.9. The highest BCUT2D eigenvalue weighted by atomic mass is 31.2. The molecule has 0 rings (SSSR count). The molecule has 0 spiro atoms. The lowest BCUT2D eigenvalue weighted by Gasteiger charge is -2.21. The number of hydrogen-bond acceptors (Lipinski definition) is 15. The lowest BCUT2D eigenvalue weighted by atomic mass is 9.99. The summed E-state index contributed by atoms with van der Waals surface area (Å²) in [5.41, 5.74) is 0. The minimum Gasteiger partial charge on any atom is -0.462 e. The minimum atomic E-state index is -4.97. The molecular weight excluding hydrogens is 1310 g/mol. The average Bonchev–Trinajstić information content (AvgIpc) is 0.950. The van der Waals surface area contributed by atoms with Crippen molar-refractivity contribution in [3.63, 3.8) is 0 Å². The Bertz CT molecular complexity index is 2020. The summed E-state index contributed by atoms with van der Waals surface area (Å²) in [5, 5.41) is 10.6. The van der Waals surface area contributed by atoms with Gasteiger partial charge in [0, 0.05) is 25.7 Å². The Morgan fingerprint density at radius 2 is 0.560 bits per heavy atom. The third-order valence-corrected chi connectivity index (χ3v) is 21.0. The predicted octanol–water partition coefficient (Wildman–Crippen LogP) is 23.8. The molecule has 0 bridgehead atoms. The molecule has 0 saturated heterocycles. The topological polar surface area (TPSA) is 237 Å². The molecule has 7 atom stereocenters. The van der Waals surface area contributed by atoms with E-state index in [1.807, 2.05) is 0 Å². The van der Waals surface area contributed by atoms with Gasteiger partial charge < -0.3 is 33.8 Å². The number of unbranched alkanes of at least 4 members (excludes halogenated alkanes) is 43. The Kier molecular flexibility index (Phi) is 70.3. The molecular formula is C81H154O17P2. The monoisotopic (exact) mass is 1460 g/mol. The van der Waals surface area contributed by atoms with Crippen LogP contribution in [0, 0.1) is 11.8 Å². The first kappa shape index (κ1) is 97.5. The van der Waals surface area contributed by atoms with Crippen LogP contribution in [0.15, 0.2) is 24.3 Å². The molecule has 0 aliphatic heterocycles. The van der Waals surface area contributed by atoms with Crippen molar-refractivity contribution in [1.29, 1.82) is 0 Å². The van der Waals surface area contributed by atoms with Gasteiger partial charge in [-0.05, 0) is 63.2 Å². The number of allylic oxidation sites excluding steroid dienone is 4. The van der Waals surface area contributed by atoms with Crippen LogP contribution in [-0.2, 0) is 65.4 Å². The Morgan fingerprint density at radius 1 is 0.320 bits per heavy atom. The van der Waals surface area contributed by atoms with E-state index in [1.165, 1.54) is 199 Å². The summed E-state index contributed by atoms with van der Waals surface area (Å²) < 4.78 is 68.7. The van der Waals surface area contributed by atoms with E-state index in [0.29, 0.717) is 25.7 Å². The zero-order valence-corrected chi connectivity index (χ0v) is 66.8. The first-order valence-corrected chi connectivity index (χ1v) is 44.4. The summed E-state index contributed by atoms with van der Waals surface area (Å²) in [6, 6.07) is 0. The third kappa shape index (κ3) is 71.2.